The summed E-state index contributed by atoms with van der Waals surface area (Å²) >= 11 is 1.54. The Morgan fingerprint density at radius 1 is 1.13 bits per heavy atom. The number of rotatable bonds is 4. The molecule has 2 atom stereocenters. The Kier molecular flexibility index (Phi) is 10.7. The van der Waals surface area contributed by atoms with Gasteiger partial charge in [0, 0.05) is 18.4 Å². The molecule has 164 valence electrons. The summed E-state index contributed by atoms with van der Waals surface area (Å²) in [6, 6.07) is 15.3. The molecule has 0 fully saturated rings. The lowest BCUT2D eigenvalue weighted by atomic mass is 10.1. The second kappa shape index (κ2) is 12.5. The first-order chi connectivity index (χ1) is 14.0. The number of hydrogen-bond acceptors (Lipinski definition) is 6. The number of ether oxygens (including phenoxy) is 2. The van der Waals surface area contributed by atoms with E-state index in [0.29, 0.717) is 6.54 Å². The molecular weight excluding hydrogens is 424 g/mol. The number of thioether (sulfide) groups is 1. The third-order valence-electron chi connectivity index (χ3n) is 4.25. The molecule has 1 aliphatic rings. The predicted octanol–water partition coefficient (Wildman–Crippen LogP) is 4.08. The van der Waals surface area contributed by atoms with Crippen molar-refractivity contribution >= 4 is 41.7 Å². The smallest absolute Gasteiger partial charge is 0.303 e. The van der Waals surface area contributed by atoms with E-state index in [0.717, 1.165) is 21.9 Å². The summed E-state index contributed by atoms with van der Waals surface area (Å²) in [6.45, 7) is 3.75. The van der Waals surface area contributed by atoms with Gasteiger partial charge in [-0.25, -0.2) is 0 Å². The van der Waals surface area contributed by atoms with Crippen LogP contribution in [-0.4, -0.2) is 45.7 Å². The molecule has 2 aromatic carbocycles. The second-order valence-electron chi connectivity index (χ2n) is 6.39. The quantitative estimate of drug-likeness (QED) is 0.705. The molecule has 2 aromatic rings. The van der Waals surface area contributed by atoms with Gasteiger partial charge in [-0.1, -0.05) is 24.3 Å². The van der Waals surface area contributed by atoms with Gasteiger partial charge in [-0.2, -0.15) is 0 Å². The number of anilines is 1. The number of carbonyl (C=O) groups excluding carboxylic acids is 2. The topological polar surface area (TPSA) is 67.9 Å². The van der Waals surface area contributed by atoms with E-state index in [1.807, 2.05) is 69.6 Å². The molecule has 0 aromatic heterocycles. The van der Waals surface area contributed by atoms with Gasteiger partial charge >= 0.3 is 5.97 Å². The van der Waals surface area contributed by atoms with E-state index in [9.17, 15) is 9.59 Å². The highest BCUT2D eigenvalue weighted by Gasteiger charge is 2.40. The maximum atomic E-state index is 13.2. The normalized spacial score (nSPS) is 17.5. The first kappa shape index (κ1) is 25.8. The number of nitrogens with one attached hydrogen (secondary N) is 1. The maximum Gasteiger partial charge on any atom is 0.303 e. The Morgan fingerprint density at radius 3 is 2.27 bits per heavy atom. The number of methoxy groups -OCH3 is 1. The summed E-state index contributed by atoms with van der Waals surface area (Å²) in [5.74, 6) is 0.0590. The highest BCUT2D eigenvalue weighted by molar-refractivity contribution is 7.99. The van der Waals surface area contributed by atoms with Crippen LogP contribution in [0.15, 0.2) is 53.4 Å². The monoisotopic (exact) mass is 452 g/mol. The van der Waals surface area contributed by atoms with Crippen molar-refractivity contribution in [1.82, 2.24) is 5.32 Å². The van der Waals surface area contributed by atoms with Gasteiger partial charge in [0.05, 0.1) is 18.0 Å². The number of para-hydroxylation sites is 1. The van der Waals surface area contributed by atoms with Crippen molar-refractivity contribution in [2.24, 2.45) is 0 Å². The SMILES string of the molecule is CCN1C(=O)C(OC(C)=O)C(c2ccc(OC)cc2)Sc2ccccc21.CNC.Cl. The predicted molar refractivity (Wildman–Crippen MR) is 124 cm³/mol. The van der Waals surface area contributed by atoms with Crippen LogP contribution in [0.1, 0.15) is 24.7 Å². The number of benzene rings is 2. The fourth-order valence-corrected chi connectivity index (χ4v) is 4.35. The lowest BCUT2D eigenvalue weighted by molar-refractivity contribution is -0.152. The number of carbonyl (C=O) groups is 2. The number of nitrogens with zero attached hydrogens (tertiary/aromatic N) is 1. The molecule has 0 bridgehead atoms. The van der Waals surface area contributed by atoms with E-state index in [2.05, 4.69) is 5.32 Å². The van der Waals surface area contributed by atoms with E-state index < -0.39 is 12.1 Å². The first-order valence-electron chi connectivity index (χ1n) is 9.43. The van der Waals surface area contributed by atoms with Crippen LogP contribution in [0.4, 0.5) is 5.69 Å². The maximum absolute atomic E-state index is 13.2. The zero-order valence-electron chi connectivity index (χ0n) is 17.9. The van der Waals surface area contributed by atoms with Crippen LogP contribution < -0.4 is 15.0 Å². The van der Waals surface area contributed by atoms with Gasteiger partial charge < -0.3 is 19.7 Å². The molecule has 2 unspecified atom stereocenters. The van der Waals surface area contributed by atoms with Crippen molar-refractivity contribution in [2.75, 3.05) is 32.6 Å². The average molecular weight is 453 g/mol. The fourth-order valence-electron chi connectivity index (χ4n) is 3.03. The lowest BCUT2D eigenvalue weighted by Gasteiger charge is -2.26. The first-order valence-corrected chi connectivity index (χ1v) is 10.3. The van der Waals surface area contributed by atoms with Gasteiger partial charge in [0.25, 0.3) is 5.91 Å². The van der Waals surface area contributed by atoms with E-state index in [-0.39, 0.29) is 23.6 Å². The number of esters is 1. The highest BCUT2D eigenvalue weighted by Crippen LogP contribution is 2.46. The molecule has 8 heteroatoms. The summed E-state index contributed by atoms with van der Waals surface area (Å²) in [7, 11) is 5.36. The third kappa shape index (κ3) is 6.14. The molecule has 1 aliphatic heterocycles. The third-order valence-corrected chi connectivity index (χ3v) is 5.62. The summed E-state index contributed by atoms with van der Waals surface area (Å²) in [5.41, 5.74) is 1.75. The molecule has 1 amide bonds. The van der Waals surface area contributed by atoms with E-state index in [1.165, 1.54) is 18.7 Å². The number of fused-ring (bicyclic) bond motifs is 1. The van der Waals surface area contributed by atoms with Crippen LogP contribution >= 0.6 is 24.2 Å². The van der Waals surface area contributed by atoms with Gasteiger partial charge in [0.2, 0.25) is 0 Å². The standard InChI is InChI=1S/C20H21NO4S.C2H7N.ClH/c1-4-21-16-7-5-6-8-17(16)26-19(18(20(21)23)25-13(2)22)14-9-11-15(24-3)12-10-14;1-3-2;/h5-12,18-19H,4H2,1-3H3;3H,1-2H3;1H. The molecule has 0 radical (unpaired) electrons. The summed E-state index contributed by atoms with van der Waals surface area (Å²) in [4.78, 5) is 27.5. The summed E-state index contributed by atoms with van der Waals surface area (Å²) in [5, 5.41) is 2.41. The van der Waals surface area contributed by atoms with E-state index >= 15 is 0 Å². The molecule has 0 spiro atoms. The largest absolute Gasteiger partial charge is 0.497 e. The zero-order chi connectivity index (χ0) is 21.4. The van der Waals surface area contributed by atoms with Gasteiger partial charge in [-0.15, -0.1) is 24.2 Å². The zero-order valence-corrected chi connectivity index (χ0v) is 19.5. The number of halogens is 1. The highest BCUT2D eigenvalue weighted by atomic mass is 35.5. The van der Waals surface area contributed by atoms with Gasteiger partial charge in [0.15, 0.2) is 6.10 Å². The fraction of sp³-hybridized carbons (Fsp3) is 0.364. The Morgan fingerprint density at radius 2 is 1.73 bits per heavy atom. The van der Waals surface area contributed by atoms with Crippen LogP contribution in [0.5, 0.6) is 5.75 Å². The number of likely N-dealkylation sites (N-methyl/N-ethyl adjacent to an activating group) is 1. The summed E-state index contributed by atoms with van der Waals surface area (Å²) in [6.07, 6.45) is -0.891. The van der Waals surface area contributed by atoms with Gasteiger partial charge in [0.1, 0.15) is 5.75 Å². The van der Waals surface area contributed by atoms with E-state index in [4.69, 9.17) is 9.47 Å². The molecule has 1 heterocycles. The van der Waals surface area contributed by atoms with Crippen LogP contribution in [0.25, 0.3) is 0 Å². The minimum absolute atomic E-state index is 0. The minimum atomic E-state index is -0.891. The molecule has 30 heavy (non-hydrogen) atoms. The molecule has 3 rings (SSSR count). The summed E-state index contributed by atoms with van der Waals surface area (Å²) < 4.78 is 10.7. The van der Waals surface area contributed by atoms with Gasteiger partial charge in [-0.05, 0) is 50.8 Å². The van der Waals surface area contributed by atoms with Crippen LogP contribution in [0.3, 0.4) is 0 Å². The van der Waals surface area contributed by atoms with Crippen molar-refractivity contribution < 1.29 is 19.1 Å². The van der Waals surface area contributed by atoms with Crippen LogP contribution in [-0.2, 0) is 14.3 Å². The van der Waals surface area contributed by atoms with Crippen LogP contribution in [0, 0.1) is 0 Å². The Bertz CT molecular complexity index is 832. The Hall–Kier alpha value is -2.22. The molecule has 0 aliphatic carbocycles. The van der Waals surface area contributed by atoms with Gasteiger partial charge in [-0.3, -0.25) is 9.59 Å². The minimum Gasteiger partial charge on any atom is -0.497 e. The van der Waals surface area contributed by atoms with Crippen molar-refractivity contribution in [2.45, 2.75) is 30.1 Å². The molecule has 0 saturated carbocycles. The molecule has 1 N–H and O–H groups in total. The van der Waals surface area contributed by atoms with Crippen molar-refractivity contribution in [1.29, 1.82) is 0 Å². The average Bonchev–Trinajstić information content (AvgIpc) is 2.83. The Balaban J connectivity index is 0.00000106. The number of hydrogen-bond donors (Lipinski definition) is 1. The number of amides is 1. The Labute approximate surface area is 188 Å². The molecular formula is C22H29ClN2O4S. The van der Waals surface area contributed by atoms with Crippen LogP contribution in [0.2, 0.25) is 0 Å². The lowest BCUT2D eigenvalue weighted by Crippen LogP contribution is -2.42. The van der Waals surface area contributed by atoms with Crippen molar-refractivity contribution in [3.05, 3.63) is 54.1 Å². The second-order valence-corrected chi connectivity index (χ2v) is 7.58. The molecule has 6 nitrogen and oxygen atoms in total. The molecule has 0 saturated heterocycles. The van der Waals surface area contributed by atoms with E-state index in [1.54, 1.807) is 12.0 Å². The van der Waals surface area contributed by atoms with Crippen molar-refractivity contribution in [3.8, 4) is 5.75 Å². The van der Waals surface area contributed by atoms with Crippen molar-refractivity contribution in [3.63, 3.8) is 0 Å².